The Morgan fingerprint density at radius 2 is 2.21 bits per heavy atom. The fourth-order valence-electron chi connectivity index (χ4n) is 3.11. The predicted molar refractivity (Wildman–Crippen MR) is 97.0 cm³/mol. The van der Waals surface area contributed by atoms with Gasteiger partial charge in [-0.15, -0.1) is 0 Å². The number of hydrogen-bond acceptors (Lipinski definition) is 5. The van der Waals surface area contributed by atoms with Gasteiger partial charge in [0, 0.05) is 24.2 Å². The summed E-state index contributed by atoms with van der Waals surface area (Å²) in [4.78, 5) is 20.5. The normalized spacial score (nSPS) is 16.5. The molecule has 126 valence electrons. The van der Waals surface area contributed by atoms with Crippen molar-refractivity contribution < 1.29 is 4.79 Å². The van der Waals surface area contributed by atoms with E-state index in [0.717, 1.165) is 18.5 Å². The highest BCUT2D eigenvalue weighted by molar-refractivity contribution is 7.99. The molecule has 1 amide bonds. The monoisotopic (exact) mass is 342 g/mol. The van der Waals surface area contributed by atoms with Gasteiger partial charge in [-0.1, -0.05) is 36.0 Å². The van der Waals surface area contributed by atoms with Crippen molar-refractivity contribution in [2.45, 2.75) is 37.3 Å². The van der Waals surface area contributed by atoms with Gasteiger partial charge in [0.05, 0.1) is 5.75 Å². The van der Waals surface area contributed by atoms with Crippen LogP contribution in [0.5, 0.6) is 0 Å². The fraction of sp³-hybridized carbons (Fsp3) is 0.389. The van der Waals surface area contributed by atoms with E-state index in [1.807, 2.05) is 6.92 Å². The van der Waals surface area contributed by atoms with Crippen LogP contribution in [0.15, 0.2) is 35.5 Å². The number of nitrogen functional groups attached to an aromatic ring is 1. The zero-order valence-corrected chi connectivity index (χ0v) is 14.6. The molecule has 1 aromatic carbocycles. The van der Waals surface area contributed by atoms with E-state index in [2.05, 4.69) is 39.6 Å². The lowest BCUT2D eigenvalue weighted by Crippen LogP contribution is -2.31. The van der Waals surface area contributed by atoms with E-state index in [-0.39, 0.29) is 5.91 Å². The van der Waals surface area contributed by atoms with E-state index < -0.39 is 0 Å². The summed E-state index contributed by atoms with van der Waals surface area (Å²) in [6.07, 6.45) is 3.45. The van der Waals surface area contributed by atoms with Gasteiger partial charge in [0.1, 0.15) is 5.82 Å². The van der Waals surface area contributed by atoms with Gasteiger partial charge in [0.2, 0.25) is 5.91 Å². The lowest BCUT2D eigenvalue weighted by molar-refractivity contribution is -0.118. The lowest BCUT2D eigenvalue weighted by Gasteiger charge is -2.25. The number of aromatic nitrogens is 2. The molecular formula is C18H22N4OS. The molecule has 0 saturated heterocycles. The number of aryl methyl sites for hydroxylation is 2. The first kappa shape index (κ1) is 16.8. The molecule has 0 bridgehead atoms. The molecule has 0 unspecified atom stereocenters. The summed E-state index contributed by atoms with van der Waals surface area (Å²) in [5.41, 5.74) is 9.31. The Hall–Kier alpha value is -2.08. The molecule has 1 heterocycles. The van der Waals surface area contributed by atoms with Crippen LogP contribution >= 0.6 is 11.8 Å². The van der Waals surface area contributed by atoms with Crippen LogP contribution in [-0.4, -0.2) is 28.2 Å². The number of amides is 1. The molecule has 1 aliphatic carbocycles. The smallest absolute Gasteiger partial charge is 0.230 e. The van der Waals surface area contributed by atoms with Crippen LogP contribution in [0, 0.1) is 6.92 Å². The predicted octanol–water partition coefficient (Wildman–Crippen LogP) is 2.70. The molecule has 6 heteroatoms. The molecule has 3 rings (SSSR count). The van der Waals surface area contributed by atoms with Crippen molar-refractivity contribution in [1.29, 1.82) is 0 Å². The summed E-state index contributed by atoms with van der Waals surface area (Å²) in [7, 11) is 0. The van der Waals surface area contributed by atoms with Gasteiger partial charge >= 0.3 is 0 Å². The Bertz CT molecular complexity index is 714. The van der Waals surface area contributed by atoms with E-state index in [0.29, 0.717) is 29.2 Å². The van der Waals surface area contributed by atoms with Crippen molar-refractivity contribution in [2.75, 3.05) is 18.0 Å². The summed E-state index contributed by atoms with van der Waals surface area (Å²) >= 11 is 1.31. The maximum Gasteiger partial charge on any atom is 0.230 e. The van der Waals surface area contributed by atoms with Gasteiger partial charge in [-0.3, -0.25) is 4.79 Å². The Labute approximate surface area is 146 Å². The second-order valence-corrected chi connectivity index (χ2v) is 7.04. The summed E-state index contributed by atoms with van der Waals surface area (Å²) < 4.78 is 0. The molecule has 0 radical (unpaired) electrons. The Balaban J connectivity index is 1.51. The van der Waals surface area contributed by atoms with Crippen LogP contribution < -0.4 is 11.1 Å². The summed E-state index contributed by atoms with van der Waals surface area (Å²) in [5, 5.41) is 3.59. The minimum absolute atomic E-state index is 0.00623. The molecule has 2 aromatic rings. The quantitative estimate of drug-likeness (QED) is 0.645. The number of hydrogen-bond donors (Lipinski definition) is 2. The second kappa shape index (κ2) is 7.66. The maximum atomic E-state index is 12.1. The summed E-state index contributed by atoms with van der Waals surface area (Å²) in [5.74, 6) is 1.16. The highest BCUT2D eigenvalue weighted by Gasteiger charge is 2.20. The minimum Gasteiger partial charge on any atom is -0.384 e. The molecule has 0 aliphatic heterocycles. The molecular weight excluding hydrogens is 320 g/mol. The lowest BCUT2D eigenvalue weighted by atomic mass is 9.83. The van der Waals surface area contributed by atoms with Crippen LogP contribution in [-0.2, 0) is 11.2 Å². The molecule has 5 nitrogen and oxygen atoms in total. The Morgan fingerprint density at radius 1 is 1.38 bits per heavy atom. The third-order valence-corrected chi connectivity index (χ3v) is 5.07. The van der Waals surface area contributed by atoms with Gasteiger partial charge in [-0.05, 0) is 37.3 Å². The van der Waals surface area contributed by atoms with E-state index in [1.165, 1.54) is 29.3 Å². The third kappa shape index (κ3) is 4.26. The first-order chi connectivity index (χ1) is 11.6. The highest BCUT2D eigenvalue weighted by Crippen LogP contribution is 2.30. The molecule has 0 fully saturated rings. The number of carbonyl (C=O) groups is 1. The number of fused-ring (bicyclic) bond motifs is 1. The van der Waals surface area contributed by atoms with Gasteiger partial charge in [-0.2, -0.15) is 0 Å². The zero-order valence-electron chi connectivity index (χ0n) is 13.8. The third-order valence-electron chi connectivity index (χ3n) is 4.23. The van der Waals surface area contributed by atoms with Gasteiger partial charge in [0.15, 0.2) is 5.16 Å². The van der Waals surface area contributed by atoms with Crippen LogP contribution in [0.1, 0.15) is 35.6 Å². The van der Waals surface area contributed by atoms with Gasteiger partial charge in [-0.25, -0.2) is 9.97 Å². The number of carbonyl (C=O) groups excluding carboxylic acids is 1. The van der Waals surface area contributed by atoms with Gasteiger partial charge < -0.3 is 11.1 Å². The van der Waals surface area contributed by atoms with Crippen LogP contribution in [0.2, 0.25) is 0 Å². The first-order valence-corrected chi connectivity index (χ1v) is 9.19. The number of anilines is 1. The number of nitrogens with zero attached hydrogens (tertiary/aromatic N) is 2. The standard InChI is InChI=1S/C18H22N4OS/c1-12-9-16(19)22-18(21-12)24-11-17(23)20-10-14-7-4-6-13-5-2-3-8-15(13)14/h2-3,5,8-9,14H,4,6-7,10-11H2,1H3,(H,20,23)(H2,19,21,22)/t14-/m0/s1. The number of nitrogens with one attached hydrogen (secondary N) is 1. The van der Waals surface area contributed by atoms with Crippen LogP contribution in [0.3, 0.4) is 0 Å². The number of rotatable bonds is 5. The second-order valence-electron chi connectivity index (χ2n) is 6.10. The summed E-state index contributed by atoms with van der Waals surface area (Å²) in [6, 6.07) is 10.3. The molecule has 0 saturated carbocycles. The first-order valence-electron chi connectivity index (χ1n) is 8.20. The Kier molecular flexibility index (Phi) is 5.35. The topological polar surface area (TPSA) is 80.9 Å². The highest BCUT2D eigenvalue weighted by atomic mass is 32.2. The largest absolute Gasteiger partial charge is 0.384 e. The molecule has 3 N–H and O–H groups in total. The fourth-order valence-corrected chi connectivity index (χ4v) is 3.85. The maximum absolute atomic E-state index is 12.1. The Morgan fingerprint density at radius 3 is 3.04 bits per heavy atom. The average molecular weight is 342 g/mol. The number of nitrogens with two attached hydrogens (primary N) is 1. The van der Waals surface area contributed by atoms with Crippen molar-refractivity contribution in [3.63, 3.8) is 0 Å². The molecule has 1 aliphatic rings. The van der Waals surface area contributed by atoms with Crippen LogP contribution in [0.4, 0.5) is 5.82 Å². The van der Waals surface area contributed by atoms with E-state index in [4.69, 9.17) is 5.73 Å². The van der Waals surface area contributed by atoms with Crippen molar-refractivity contribution in [2.24, 2.45) is 0 Å². The van der Waals surface area contributed by atoms with Crippen LogP contribution in [0.25, 0.3) is 0 Å². The number of thioether (sulfide) groups is 1. The molecule has 24 heavy (non-hydrogen) atoms. The number of benzene rings is 1. The molecule has 0 spiro atoms. The molecule has 1 aromatic heterocycles. The van der Waals surface area contributed by atoms with Crippen molar-refractivity contribution >= 4 is 23.5 Å². The minimum atomic E-state index is 0.00623. The van der Waals surface area contributed by atoms with Crippen molar-refractivity contribution in [1.82, 2.24) is 15.3 Å². The van der Waals surface area contributed by atoms with Crippen molar-refractivity contribution in [3.8, 4) is 0 Å². The SMILES string of the molecule is Cc1cc(N)nc(SCC(=O)NC[C@@H]2CCCc3ccccc32)n1. The average Bonchev–Trinajstić information content (AvgIpc) is 2.57. The molecule has 1 atom stereocenters. The van der Waals surface area contributed by atoms with Crippen molar-refractivity contribution in [3.05, 3.63) is 47.2 Å². The van der Waals surface area contributed by atoms with Gasteiger partial charge in [0.25, 0.3) is 0 Å². The van der Waals surface area contributed by atoms with E-state index in [1.54, 1.807) is 6.07 Å². The zero-order chi connectivity index (χ0) is 16.9. The summed E-state index contributed by atoms with van der Waals surface area (Å²) in [6.45, 7) is 2.55. The van der Waals surface area contributed by atoms with E-state index in [9.17, 15) is 4.79 Å². The van der Waals surface area contributed by atoms with E-state index >= 15 is 0 Å².